The van der Waals surface area contributed by atoms with Crippen molar-refractivity contribution in [1.29, 1.82) is 0 Å². The van der Waals surface area contributed by atoms with E-state index in [0.29, 0.717) is 10.5 Å². The average Bonchev–Trinajstić information content (AvgIpc) is 2.12. The molecule has 0 fully saturated rings. The van der Waals surface area contributed by atoms with Crippen molar-refractivity contribution in [1.82, 2.24) is 4.90 Å². The van der Waals surface area contributed by atoms with E-state index in [1.807, 2.05) is 13.1 Å². The Morgan fingerprint density at radius 3 is 2.64 bits per heavy atom. The van der Waals surface area contributed by atoms with Gasteiger partial charge in [0.05, 0.1) is 4.47 Å². The minimum atomic E-state index is -0.195. The van der Waals surface area contributed by atoms with Crippen molar-refractivity contribution in [2.45, 2.75) is 26.4 Å². The molecule has 0 saturated carbocycles. The third-order valence-corrected chi connectivity index (χ3v) is 3.22. The predicted molar refractivity (Wildman–Crippen MR) is 60.7 cm³/mol. The molecule has 0 N–H and O–H groups in total. The lowest BCUT2D eigenvalue weighted by Gasteiger charge is -2.21. The molecule has 1 aromatic rings. The lowest BCUT2D eigenvalue weighted by molar-refractivity contribution is 0.265. The summed E-state index contributed by atoms with van der Waals surface area (Å²) in [5, 5.41) is 0. The molecule has 0 saturated heterocycles. The third-order valence-electron chi connectivity index (χ3n) is 2.33. The Labute approximate surface area is 93.0 Å². The first-order valence-electron chi connectivity index (χ1n) is 4.65. The van der Waals surface area contributed by atoms with E-state index in [-0.39, 0.29) is 5.82 Å². The summed E-state index contributed by atoms with van der Waals surface area (Å²) in [7, 11) is 2.03. The van der Waals surface area contributed by atoms with E-state index in [1.165, 1.54) is 6.07 Å². The second-order valence-electron chi connectivity index (χ2n) is 3.72. The number of halogens is 2. The Morgan fingerprint density at radius 2 is 2.07 bits per heavy atom. The van der Waals surface area contributed by atoms with Crippen LogP contribution in [0.2, 0.25) is 0 Å². The normalized spacial score (nSPS) is 11.4. The fourth-order valence-electron chi connectivity index (χ4n) is 1.12. The Bertz CT molecular complexity index is 312. The molecule has 0 aliphatic rings. The second kappa shape index (κ2) is 4.89. The van der Waals surface area contributed by atoms with Crippen LogP contribution in [0, 0.1) is 5.82 Å². The number of benzene rings is 1. The molecule has 3 heteroatoms. The Balaban J connectivity index is 2.82. The van der Waals surface area contributed by atoms with Crippen molar-refractivity contribution >= 4 is 15.9 Å². The first-order chi connectivity index (χ1) is 6.52. The topological polar surface area (TPSA) is 3.24 Å². The molecule has 0 atom stereocenters. The maximum Gasteiger partial charge on any atom is 0.137 e. The van der Waals surface area contributed by atoms with Gasteiger partial charge in [0.1, 0.15) is 5.82 Å². The molecule has 0 aliphatic heterocycles. The van der Waals surface area contributed by atoms with E-state index < -0.39 is 0 Å². The summed E-state index contributed by atoms with van der Waals surface area (Å²) in [4.78, 5) is 2.17. The van der Waals surface area contributed by atoms with Gasteiger partial charge in [-0.15, -0.1) is 0 Å². The highest BCUT2D eigenvalue weighted by Crippen LogP contribution is 2.21. The van der Waals surface area contributed by atoms with Gasteiger partial charge in [0.15, 0.2) is 0 Å². The molecular weight excluding hydrogens is 245 g/mol. The fraction of sp³-hybridized carbons (Fsp3) is 0.455. The standard InChI is InChI=1S/C11H15BrFN/c1-8(2)14(3)7-9-5-4-6-10(13)11(9)12/h4-6,8H,7H2,1-3H3. The molecule has 0 aliphatic carbocycles. The van der Waals surface area contributed by atoms with Crippen LogP contribution in [0.5, 0.6) is 0 Å². The second-order valence-corrected chi connectivity index (χ2v) is 4.51. The summed E-state index contributed by atoms with van der Waals surface area (Å²) in [6, 6.07) is 5.60. The monoisotopic (exact) mass is 259 g/mol. The van der Waals surface area contributed by atoms with Crippen LogP contribution in [-0.4, -0.2) is 18.0 Å². The Hall–Kier alpha value is -0.410. The van der Waals surface area contributed by atoms with E-state index >= 15 is 0 Å². The molecule has 0 unspecified atom stereocenters. The average molecular weight is 260 g/mol. The number of nitrogens with zero attached hydrogens (tertiary/aromatic N) is 1. The first kappa shape index (κ1) is 11.7. The van der Waals surface area contributed by atoms with Crippen molar-refractivity contribution in [2.75, 3.05) is 7.05 Å². The maximum atomic E-state index is 13.2. The van der Waals surface area contributed by atoms with Gasteiger partial charge in [0.2, 0.25) is 0 Å². The molecule has 0 radical (unpaired) electrons. The summed E-state index contributed by atoms with van der Waals surface area (Å²) >= 11 is 3.26. The molecule has 0 aromatic heterocycles. The van der Waals surface area contributed by atoms with Gasteiger partial charge in [0, 0.05) is 12.6 Å². The van der Waals surface area contributed by atoms with E-state index in [2.05, 4.69) is 34.7 Å². The van der Waals surface area contributed by atoms with Gasteiger partial charge in [-0.2, -0.15) is 0 Å². The first-order valence-corrected chi connectivity index (χ1v) is 5.44. The van der Waals surface area contributed by atoms with E-state index in [4.69, 9.17) is 0 Å². The van der Waals surface area contributed by atoms with Crippen molar-refractivity contribution < 1.29 is 4.39 Å². The lowest BCUT2D eigenvalue weighted by atomic mass is 10.2. The van der Waals surface area contributed by atoms with Crippen LogP contribution >= 0.6 is 15.9 Å². The van der Waals surface area contributed by atoms with Crippen LogP contribution in [0.25, 0.3) is 0 Å². The van der Waals surface area contributed by atoms with Crippen molar-refractivity contribution in [3.63, 3.8) is 0 Å². The zero-order valence-corrected chi connectivity index (χ0v) is 10.3. The number of hydrogen-bond acceptors (Lipinski definition) is 1. The predicted octanol–water partition coefficient (Wildman–Crippen LogP) is 3.43. The van der Waals surface area contributed by atoms with E-state index in [1.54, 1.807) is 6.07 Å². The summed E-state index contributed by atoms with van der Waals surface area (Å²) in [5.41, 5.74) is 0.987. The molecule has 0 heterocycles. The smallest absolute Gasteiger partial charge is 0.137 e. The number of rotatable bonds is 3. The highest BCUT2D eigenvalue weighted by atomic mass is 79.9. The van der Waals surface area contributed by atoms with Gasteiger partial charge in [0.25, 0.3) is 0 Å². The quantitative estimate of drug-likeness (QED) is 0.804. The largest absolute Gasteiger partial charge is 0.300 e. The molecule has 0 amide bonds. The van der Waals surface area contributed by atoms with Gasteiger partial charge >= 0.3 is 0 Å². The van der Waals surface area contributed by atoms with Crippen molar-refractivity contribution in [3.8, 4) is 0 Å². The summed E-state index contributed by atoms with van der Waals surface area (Å²) in [6.45, 7) is 5.00. The molecule has 1 rings (SSSR count). The van der Waals surface area contributed by atoms with E-state index in [0.717, 1.165) is 12.1 Å². The minimum absolute atomic E-state index is 0.195. The lowest BCUT2D eigenvalue weighted by Crippen LogP contribution is -2.25. The van der Waals surface area contributed by atoms with Crippen LogP contribution in [0.4, 0.5) is 4.39 Å². The van der Waals surface area contributed by atoms with Gasteiger partial charge < -0.3 is 0 Å². The molecule has 14 heavy (non-hydrogen) atoms. The Kier molecular flexibility index (Phi) is 4.08. The van der Waals surface area contributed by atoms with Gasteiger partial charge in [-0.1, -0.05) is 12.1 Å². The van der Waals surface area contributed by atoms with Gasteiger partial charge in [-0.05, 0) is 48.5 Å². The van der Waals surface area contributed by atoms with Crippen molar-refractivity contribution in [2.24, 2.45) is 0 Å². The third kappa shape index (κ3) is 2.79. The van der Waals surface area contributed by atoms with Gasteiger partial charge in [-0.25, -0.2) is 4.39 Å². The summed E-state index contributed by atoms with van der Waals surface area (Å²) < 4.78 is 13.7. The summed E-state index contributed by atoms with van der Waals surface area (Å²) in [6.07, 6.45) is 0. The highest BCUT2D eigenvalue weighted by molar-refractivity contribution is 9.10. The molecule has 0 bridgehead atoms. The molecule has 1 nitrogen and oxygen atoms in total. The zero-order chi connectivity index (χ0) is 10.7. The summed E-state index contributed by atoms with van der Waals surface area (Å²) in [5.74, 6) is -0.195. The molecule has 1 aromatic carbocycles. The van der Waals surface area contributed by atoms with Crippen molar-refractivity contribution in [3.05, 3.63) is 34.1 Å². The number of hydrogen-bond donors (Lipinski definition) is 0. The molecule has 0 spiro atoms. The molecular formula is C11H15BrFN. The highest BCUT2D eigenvalue weighted by Gasteiger charge is 2.09. The zero-order valence-electron chi connectivity index (χ0n) is 8.72. The molecule has 78 valence electrons. The van der Waals surface area contributed by atoms with Crippen LogP contribution < -0.4 is 0 Å². The SMILES string of the molecule is CC(C)N(C)Cc1cccc(F)c1Br. The van der Waals surface area contributed by atoms with Gasteiger partial charge in [-0.3, -0.25) is 4.90 Å². The van der Waals surface area contributed by atoms with Crippen LogP contribution in [-0.2, 0) is 6.54 Å². The van der Waals surface area contributed by atoms with Crippen LogP contribution in [0.15, 0.2) is 22.7 Å². The Morgan fingerprint density at radius 1 is 1.43 bits per heavy atom. The van der Waals surface area contributed by atoms with Crippen LogP contribution in [0.3, 0.4) is 0 Å². The van der Waals surface area contributed by atoms with E-state index in [9.17, 15) is 4.39 Å². The minimum Gasteiger partial charge on any atom is -0.300 e. The fourth-order valence-corrected chi connectivity index (χ4v) is 1.51. The van der Waals surface area contributed by atoms with Crippen LogP contribution in [0.1, 0.15) is 19.4 Å². The maximum absolute atomic E-state index is 13.2.